The van der Waals surface area contributed by atoms with E-state index < -0.39 is 12.1 Å². The van der Waals surface area contributed by atoms with Crippen molar-refractivity contribution >= 4 is 40.5 Å². The highest BCUT2D eigenvalue weighted by atomic mass is 32.1. The van der Waals surface area contributed by atoms with Crippen molar-refractivity contribution in [2.24, 2.45) is 0 Å². The van der Waals surface area contributed by atoms with Crippen LogP contribution in [0.4, 0.5) is 11.4 Å². The Hall–Kier alpha value is -2.71. The third-order valence-electron chi connectivity index (χ3n) is 3.90. The number of hydrogen-bond acceptors (Lipinski definition) is 6. The number of methoxy groups -OCH3 is 1. The third-order valence-corrected chi connectivity index (χ3v) is 4.79. The second kappa shape index (κ2) is 8.11. The molecule has 0 saturated carbocycles. The molecule has 0 aliphatic carbocycles. The van der Waals surface area contributed by atoms with Gasteiger partial charge in [0.2, 0.25) is 0 Å². The van der Waals surface area contributed by atoms with Gasteiger partial charge in [0.05, 0.1) is 12.8 Å². The molecule has 2 aromatic rings. The zero-order chi connectivity index (χ0) is 18.5. The largest absolute Gasteiger partial charge is 0.465 e. The van der Waals surface area contributed by atoms with Crippen LogP contribution < -0.4 is 10.6 Å². The van der Waals surface area contributed by atoms with Gasteiger partial charge in [-0.15, -0.1) is 11.3 Å². The first-order valence-corrected chi connectivity index (χ1v) is 8.96. The van der Waals surface area contributed by atoms with Crippen molar-refractivity contribution < 1.29 is 23.9 Å². The fourth-order valence-corrected chi connectivity index (χ4v) is 3.36. The number of ether oxygens (including phenoxy) is 2. The van der Waals surface area contributed by atoms with Gasteiger partial charge in [0.25, 0.3) is 11.8 Å². The van der Waals surface area contributed by atoms with Gasteiger partial charge in [-0.05, 0) is 42.5 Å². The van der Waals surface area contributed by atoms with Crippen LogP contribution in [-0.2, 0) is 14.3 Å². The summed E-state index contributed by atoms with van der Waals surface area (Å²) in [6.07, 6.45) is 1.12. The summed E-state index contributed by atoms with van der Waals surface area (Å²) in [7, 11) is 1.29. The Bertz CT molecular complexity index is 826. The van der Waals surface area contributed by atoms with Crippen LogP contribution in [-0.4, -0.2) is 37.6 Å². The fourth-order valence-electron chi connectivity index (χ4n) is 2.60. The number of esters is 1. The molecule has 1 aromatic carbocycles. The van der Waals surface area contributed by atoms with E-state index in [2.05, 4.69) is 10.6 Å². The molecule has 8 heteroatoms. The summed E-state index contributed by atoms with van der Waals surface area (Å²) >= 11 is 1.18. The van der Waals surface area contributed by atoms with Crippen molar-refractivity contribution in [3.05, 3.63) is 46.2 Å². The van der Waals surface area contributed by atoms with Crippen LogP contribution in [0.5, 0.6) is 0 Å². The van der Waals surface area contributed by atoms with Crippen molar-refractivity contribution in [1.29, 1.82) is 0 Å². The monoisotopic (exact) mass is 374 g/mol. The molecule has 0 bridgehead atoms. The van der Waals surface area contributed by atoms with E-state index in [-0.39, 0.29) is 11.8 Å². The quantitative estimate of drug-likeness (QED) is 0.785. The van der Waals surface area contributed by atoms with E-state index in [0.717, 1.165) is 6.42 Å². The van der Waals surface area contributed by atoms with Gasteiger partial charge < -0.3 is 20.1 Å². The Labute approximate surface area is 154 Å². The molecule has 1 aromatic heterocycles. The van der Waals surface area contributed by atoms with Gasteiger partial charge in [0.1, 0.15) is 11.0 Å². The third kappa shape index (κ3) is 4.09. The van der Waals surface area contributed by atoms with Gasteiger partial charge in [0.15, 0.2) is 0 Å². The van der Waals surface area contributed by atoms with E-state index in [1.807, 2.05) is 0 Å². The molecule has 1 aliphatic rings. The molecule has 0 radical (unpaired) electrons. The number of rotatable bonds is 5. The zero-order valence-corrected chi connectivity index (χ0v) is 14.9. The lowest BCUT2D eigenvalue weighted by molar-refractivity contribution is -0.124. The van der Waals surface area contributed by atoms with E-state index in [4.69, 9.17) is 9.47 Å². The average molecular weight is 374 g/mol. The summed E-state index contributed by atoms with van der Waals surface area (Å²) in [6.45, 7) is 0.587. The molecule has 1 aliphatic heterocycles. The van der Waals surface area contributed by atoms with Crippen LogP contribution in [0, 0.1) is 0 Å². The van der Waals surface area contributed by atoms with Crippen LogP contribution in [0.2, 0.25) is 0 Å². The van der Waals surface area contributed by atoms with Gasteiger partial charge in [-0.1, -0.05) is 6.07 Å². The summed E-state index contributed by atoms with van der Waals surface area (Å²) in [5.41, 5.74) is 1.26. The topological polar surface area (TPSA) is 93.7 Å². The summed E-state index contributed by atoms with van der Waals surface area (Å²) < 4.78 is 10.0. The molecular weight excluding hydrogens is 356 g/mol. The predicted octanol–water partition coefficient (Wildman–Crippen LogP) is 2.90. The first-order valence-electron chi connectivity index (χ1n) is 8.08. The first kappa shape index (κ1) is 18.1. The van der Waals surface area contributed by atoms with Crippen molar-refractivity contribution in [2.75, 3.05) is 24.4 Å². The molecule has 26 heavy (non-hydrogen) atoms. The zero-order valence-electron chi connectivity index (χ0n) is 14.1. The maximum atomic E-state index is 12.5. The molecule has 0 spiro atoms. The van der Waals surface area contributed by atoms with Crippen LogP contribution in [0.1, 0.15) is 32.9 Å². The normalized spacial score (nSPS) is 16.1. The Balaban J connectivity index is 1.69. The number of carbonyl (C=O) groups excluding carboxylic acids is 3. The van der Waals surface area contributed by atoms with Crippen molar-refractivity contribution in [1.82, 2.24) is 0 Å². The number of thiophene rings is 1. The number of benzene rings is 1. The second-order valence-electron chi connectivity index (χ2n) is 5.68. The van der Waals surface area contributed by atoms with Gasteiger partial charge in [0, 0.05) is 17.9 Å². The number of nitrogens with one attached hydrogen (secondary N) is 2. The van der Waals surface area contributed by atoms with Crippen LogP contribution >= 0.6 is 11.3 Å². The minimum Gasteiger partial charge on any atom is -0.465 e. The first-order chi connectivity index (χ1) is 12.6. The smallest absolute Gasteiger partial charge is 0.350 e. The Morgan fingerprint density at radius 2 is 2.08 bits per heavy atom. The molecule has 1 saturated heterocycles. The molecule has 2 heterocycles. The molecule has 2 N–H and O–H groups in total. The SMILES string of the molecule is COC(=O)c1sccc1NC(=O)c1cccc(NC(=O)C2CCCO2)c1. The summed E-state index contributed by atoms with van der Waals surface area (Å²) in [4.78, 5) is 36.6. The van der Waals surface area contributed by atoms with Crippen molar-refractivity contribution in [3.63, 3.8) is 0 Å². The lowest BCUT2D eigenvalue weighted by Gasteiger charge is -2.11. The van der Waals surface area contributed by atoms with E-state index in [1.165, 1.54) is 18.4 Å². The lowest BCUT2D eigenvalue weighted by Crippen LogP contribution is -2.27. The molecule has 1 fully saturated rings. The Morgan fingerprint density at radius 1 is 1.23 bits per heavy atom. The van der Waals surface area contributed by atoms with Gasteiger partial charge in [-0.3, -0.25) is 9.59 Å². The highest BCUT2D eigenvalue weighted by molar-refractivity contribution is 7.12. The number of anilines is 2. The summed E-state index contributed by atoms with van der Waals surface area (Å²) in [5, 5.41) is 7.15. The molecule has 1 atom stereocenters. The minimum absolute atomic E-state index is 0.217. The molecule has 136 valence electrons. The van der Waals surface area contributed by atoms with Crippen molar-refractivity contribution in [2.45, 2.75) is 18.9 Å². The lowest BCUT2D eigenvalue weighted by atomic mass is 10.1. The highest BCUT2D eigenvalue weighted by Crippen LogP contribution is 2.24. The van der Waals surface area contributed by atoms with Gasteiger partial charge in [-0.2, -0.15) is 0 Å². The maximum absolute atomic E-state index is 12.5. The van der Waals surface area contributed by atoms with E-state index in [9.17, 15) is 14.4 Å². The Morgan fingerprint density at radius 3 is 2.81 bits per heavy atom. The summed E-state index contributed by atoms with van der Waals surface area (Å²) in [5.74, 6) is -1.11. The minimum atomic E-state index is -0.507. The van der Waals surface area contributed by atoms with Gasteiger partial charge in [-0.25, -0.2) is 4.79 Å². The number of hydrogen-bond donors (Lipinski definition) is 2. The number of carbonyl (C=O) groups is 3. The highest BCUT2D eigenvalue weighted by Gasteiger charge is 2.23. The fraction of sp³-hybridized carbons (Fsp3) is 0.278. The van der Waals surface area contributed by atoms with Crippen LogP contribution in [0.3, 0.4) is 0 Å². The van der Waals surface area contributed by atoms with E-state index in [1.54, 1.807) is 35.7 Å². The van der Waals surface area contributed by atoms with Crippen LogP contribution in [0.15, 0.2) is 35.7 Å². The molecule has 3 rings (SSSR count). The van der Waals surface area contributed by atoms with E-state index >= 15 is 0 Å². The molecule has 2 amide bonds. The maximum Gasteiger partial charge on any atom is 0.350 e. The Kier molecular flexibility index (Phi) is 5.65. The van der Waals surface area contributed by atoms with Crippen molar-refractivity contribution in [3.8, 4) is 0 Å². The van der Waals surface area contributed by atoms with E-state index in [0.29, 0.717) is 34.8 Å². The van der Waals surface area contributed by atoms with Crippen LogP contribution in [0.25, 0.3) is 0 Å². The number of amides is 2. The summed E-state index contributed by atoms with van der Waals surface area (Å²) in [6, 6.07) is 8.22. The predicted molar refractivity (Wildman–Crippen MR) is 97.7 cm³/mol. The average Bonchev–Trinajstić information content (AvgIpc) is 3.33. The standard InChI is InChI=1S/C18H18N2O5S/c1-24-18(23)15-13(7-9-26-15)20-16(21)11-4-2-5-12(10-11)19-17(22)14-6-3-8-25-14/h2,4-5,7,9-10,14H,3,6,8H2,1H3,(H,19,22)(H,20,21). The molecule has 7 nitrogen and oxygen atoms in total. The molecule has 1 unspecified atom stereocenters. The molecular formula is C18H18N2O5S. The second-order valence-corrected chi connectivity index (χ2v) is 6.60. The van der Waals surface area contributed by atoms with Gasteiger partial charge >= 0.3 is 5.97 Å².